The quantitative estimate of drug-likeness (QED) is 0.854. The molecule has 1 aromatic heterocycles. The number of aromatic nitrogens is 3. The summed E-state index contributed by atoms with van der Waals surface area (Å²) >= 11 is 0. The molecule has 0 radical (unpaired) electrons. The first kappa shape index (κ1) is 15.0. The number of H-pyrrole nitrogens is 1. The number of aromatic amines is 1. The van der Waals surface area contributed by atoms with E-state index >= 15 is 0 Å². The molecule has 6 nitrogen and oxygen atoms in total. The smallest absolute Gasteiger partial charge is 0.258 e. The zero-order valence-corrected chi connectivity index (χ0v) is 12.5. The fraction of sp³-hybridized carbons (Fsp3) is 0.400. The number of rotatable bonds is 6. The normalized spacial score (nSPS) is 12.2. The Kier molecular flexibility index (Phi) is 4.92. The summed E-state index contributed by atoms with van der Waals surface area (Å²) in [5.41, 5.74) is 1.09. The van der Waals surface area contributed by atoms with Gasteiger partial charge in [-0.15, -0.1) is 0 Å². The third kappa shape index (κ3) is 4.05. The average molecular weight is 288 g/mol. The zero-order chi connectivity index (χ0) is 15.2. The van der Waals surface area contributed by atoms with Crippen LogP contribution in [0.1, 0.15) is 44.1 Å². The predicted octanol–water partition coefficient (Wildman–Crippen LogP) is 2.18. The lowest BCUT2D eigenvalue weighted by molar-refractivity contribution is -0.123. The zero-order valence-electron chi connectivity index (χ0n) is 12.5. The number of benzene rings is 1. The van der Waals surface area contributed by atoms with Gasteiger partial charge in [-0.3, -0.25) is 9.89 Å². The largest absolute Gasteiger partial charge is 0.483 e. The van der Waals surface area contributed by atoms with E-state index in [1.165, 1.54) is 6.33 Å². The molecule has 0 saturated carbocycles. The Bertz CT molecular complexity index is 581. The van der Waals surface area contributed by atoms with Gasteiger partial charge in [0.05, 0.1) is 6.04 Å². The van der Waals surface area contributed by atoms with Crippen LogP contribution in [0.15, 0.2) is 30.6 Å². The maximum atomic E-state index is 11.9. The summed E-state index contributed by atoms with van der Waals surface area (Å²) < 4.78 is 5.62. The molecule has 1 amide bonds. The summed E-state index contributed by atoms with van der Waals surface area (Å²) in [7, 11) is 0. The van der Waals surface area contributed by atoms with Crippen molar-refractivity contribution in [2.24, 2.45) is 0 Å². The van der Waals surface area contributed by atoms with Gasteiger partial charge in [-0.2, -0.15) is 5.10 Å². The number of para-hydroxylation sites is 1. The molecule has 0 fully saturated rings. The first-order chi connectivity index (χ1) is 10.1. The minimum atomic E-state index is -0.232. The highest BCUT2D eigenvalue weighted by molar-refractivity contribution is 5.77. The number of nitrogens with one attached hydrogen (secondary N) is 2. The van der Waals surface area contributed by atoms with Crippen molar-refractivity contribution in [2.75, 3.05) is 6.61 Å². The molecular formula is C15H20N4O2. The Hall–Kier alpha value is -2.37. The summed E-state index contributed by atoms with van der Waals surface area (Å²) in [4.78, 5) is 15.9. The van der Waals surface area contributed by atoms with E-state index < -0.39 is 0 Å². The van der Waals surface area contributed by atoms with Crippen molar-refractivity contribution in [3.8, 4) is 5.75 Å². The second-order valence-electron chi connectivity index (χ2n) is 5.14. The van der Waals surface area contributed by atoms with Gasteiger partial charge in [-0.1, -0.05) is 32.0 Å². The Morgan fingerprint density at radius 1 is 1.33 bits per heavy atom. The molecule has 0 aliphatic rings. The van der Waals surface area contributed by atoms with E-state index in [9.17, 15) is 4.79 Å². The molecule has 1 aromatic carbocycles. The van der Waals surface area contributed by atoms with Gasteiger partial charge < -0.3 is 10.1 Å². The minimum Gasteiger partial charge on any atom is -0.483 e. The van der Waals surface area contributed by atoms with Crippen LogP contribution in [-0.2, 0) is 4.79 Å². The van der Waals surface area contributed by atoms with Crippen molar-refractivity contribution in [3.05, 3.63) is 42.0 Å². The van der Waals surface area contributed by atoms with Crippen LogP contribution in [-0.4, -0.2) is 27.7 Å². The lowest BCUT2D eigenvalue weighted by Crippen LogP contribution is -2.31. The van der Waals surface area contributed by atoms with Crippen molar-refractivity contribution in [2.45, 2.75) is 32.7 Å². The van der Waals surface area contributed by atoms with Crippen molar-refractivity contribution >= 4 is 5.91 Å². The van der Waals surface area contributed by atoms with Crippen LogP contribution < -0.4 is 10.1 Å². The monoisotopic (exact) mass is 288 g/mol. The summed E-state index contributed by atoms with van der Waals surface area (Å²) in [5, 5.41) is 9.28. The molecule has 1 atom stereocenters. The molecule has 2 rings (SSSR count). The highest BCUT2D eigenvalue weighted by atomic mass is 16.5. The summed E-state index contributed by atoms with van der Waals surface area (Å²) in [5.74, 6) is 1.51. The van der Waals surface area contributed by atoms with E-state index in [0.29, 0.717) is 11.7 Å². The number of ether oxygens (including phenoxy) is 1. The minimum absolute atomic E-state index is 0.0256. The highest BCUT2D eigenvalue weighted by Crippen LogP contribution is 2.25. The fourth-order valence-corrected chi connectivity index (χ4v) is 2.01. The summed E-state index contributed by atoms with van der Waals surface area (Å²) in [6.45, 7) is 5.99. The molecule has 6 heteroatoms. The molecule has 0 spiro atoms. The molecule has 0 aliphatic heterocycles. The lowest BCUT2D eigenvalue weighted by Gasteiger charge is -2.15. The molecule has 0 saturated heterocycles. The number of nitrogens with zero attached hydrogens (tertiary/aromatic N) is 2. The highest BCUT2D eigenvalue weighted by Gasteiger charge is 2.13. The average Bonchev–Trinajstić information content (AvgIpc) is 2.99. The van der Waals surface area contributed by atoms with Crippen molar-refractivity contribution < 1.29 is 9.53 Å². The second kappa shape index (κ2) is 6.88. The van der Waals surface area contributed by atoms with Crippen molar-refractivity contribution in [1.82, 2.24) is 20.5 Å². The topological polar surface area (TPSA) is 79.9 Å². The third-order valence-corrected chi connectivity index (χ3v) is 3.12. The molecule has 112 valence electrons. The van der Waals surface area contributed by atoms with E-state index in [1.807, 2.05) is 31.2 Å². The van der Waals surface area contributed by atoms with Gasteiger partial charge in [0, 0.05) is 0 Å². The number of carbonyl (C=O) groups excluding carboxylic acids is 1. The maximum Gasteiger partial charge on any atom is 0.258 e. The Morgan fingerprint density at radius 2 is 2.10 bits per heavy atom. The van der Waals surface area contributed by atoms with Gasteiger partial charge in [-0.05, 0) is 24.5 Å². The molecule has 2 N–H and O–H groups in total. The molecule has 1 heterocycles. The first-order valence-electron chi connectivity index (χ1n) is 6.94. The van der Waals surface area contributed by atoms with Gasteiger partial charge in [-0.25, -0.2) is 4.98 Å². The number of amides is 1. The maximum absolute atomic E-state index is 11.9. The van der Waals surface area contributed by atoms with Crippen molar-refractivity contribution in [1.29, 1.82) is 0 Å². The molecule has 2 aromatic rings. The molecule has 0 aliphatic carbocycles. The Balaban J connectivity index is 1.90. The predicted molar refractivity (Wildman–Crippen MR) is 79.0 cm³/mol. The van der Waals surface area contributed by atoms with E-state index in [-0.39, 0.29) is 18.6 Å². The van der Waals surface area contributed by atoms with Gasteiger partial charge in [0.15, 0.2) is 6.61 Å². The van der Waals surface area contributed by atoms with Crippen LogP contribution in [0.2, 0.25) is 0 Å². The Labute approximate surface area is 123 Å². The van der Waals surface area contributed by atoms with Crippen LogP contribution in [0, 0.1) is 0 Å². The Morgan fingerprint density at radius 3 is 2.76 bits per heavy atom. The third-order valence-electron chi connectivity index (χ3n) is 3.12. The van der Waals surface area contributed by atoms with Crippen LogP contribution in [0.3, 0.4) is 0 Å². The second-order valence-corrected chi connectivity index (χ2v) is 5.14. The molecule has 21 heavy (non-hydrogen) atoms. The fourth-order valence-electron chi connectivity index (χ4n) is 2.01. The van der Waals surface area contributed by atoms with Gasteiger partial charge in [0.25, 0.3) is 5.91 Å². The van der Waals surface area contributed by atoms with E-state index in [1.54, 1.807) is 0 Å². The van der Waals surface area contributed by atoms with Crippen LogP contribution in [0.5, 0.6) is 5.75 Å². The van der Waals surface area contributed by atoms with Crippen molar-refractivity contribution in [3.63, 3.8) is 0 Å². The molecular weight excluding hydrogens is 268 g/mol. The van der Waals surface area contributed by atoms with Gasteiger partial charge in [0.2, 0.25) is 0 Å². The van der Waals surface area contributed by atoms with Gasteiger partial charge >= 0.3 is 0 Å². The van der Waals surface area contributed by atoms with E-state index in [2.05, 4.69) is 34.3 Å². The standard InChI is InChI=1S/C15H20N4O2/c1-10(2)12-6-4-5-7-13(12)21-8-14(20)18-11(3)15-16-9-17-19-15/h4-7,9-11H,8H2,1-3H3,(H,18,20)(H,16,17,19). The summed E-state index contributed by atoms with van der Waals surface area (Å²) in [6.07, 6.45) is 1.41. The first-order valence-corrected chi connectivity index (χ1v) is 6.94. The number of carbonyl (C=O) groups is 1. The SMILES string of the molecule is CC(C)c1ccccc1OCC(=O)NC(C)c1ncn[nH]1. The number of hydrogen-bond acceptors (Lipinski definition) is 4. The van der Waals surface area contributed by atoms with E-state index in [4.69, 9.17) is 4.74 Å². The van der Waals surface area contributed by atoms with E-state index in [0.717, 1.165) is 11.3 Å². The lowest BCUT2D eigenvalue weighted by atomic mass is 10.0. The van der Waals surface area contributed by atoms with Gasteiger partial charge in [0.1, 0.15) is 17.9 Å². The van der Waals surface area contributed by atoms with Crippen LogP contribution in [0.4, 0.5) is 0 Å². The van der Waals surface area contributed by atoms with Crippen LogP contribution >= 0.6 is 0 Å². The van der Waals surface area contributed by atoms with Crippen LogP contribution in [0.25, 0.3) is 0 Å². The molecule has 1 unspecified atom stereocenters. The summed E-state index contributed by atoms with van der Waals surface area (Å²) in [6, 6.07) is 7.52. The molecule has 0 bridgehead atoms. The number of hydrogen-bond donors (Lipinski definition) is 2.